The number of aryl methyl sites for hydroxylation is 1. The van der Waals surface area contributed by atoms with Crippen molar-refractivity contribution in [2.45, 2.75) is 30.9 Å². The first-order valence-electron chi connectivity index (χ1n) is 11.2. The summed E-state index contributed by atoms with van der Waals surface area (Å²) in [5, 5.41) is 0.459. The van der Waals surface area contributed by atoms with E-state index in [1.54, 1.807) is 42.5 Å². The highest BCUT2D eigenvalue weighted by Crippen LogP contribution is 2.18. The number of aromatic nitrogens is 2. The Labute approximate surface area is 202 Å². The van der Waals surface area contributed by atoms with E-state index in [-0.39, 0.29) is 55.5 Å². The highest BCUT2D eigenvalue weighted by molar-refractivity contribution is 7.89. The van der Waals surface area contributed by atoms with Crippen molar-refractivity contribution in [1.82, 2.24) is 18.8 Å². The van der Waals surface area contributed by atoms with Crippen molar-refractivity contribution in [3.8, 4) is 0 Å². The number of amides is 1. The third kappa shape index (κ3) is 5.41. The summed E-state index contributed by atoms with van der Waals surface area (Å²) < 4.78 is 33.5. The van der Waals surface area contributed by atoms with E-state index in [4.69, 9.17) is 4.74 Å². The van der Waals surface area contributed by atoms with Gasteiger partial charge in [0.2, 0.25) is 10.0 Å². The highest BCUT2D eigenvalue weighted by atomic mass is 32.2. The zero-order valence-corrected chi connectivity index (χ0v) is 20.1. The molecule has 1 aliphatic heterocycles. The fraction of sp³-hybridized carbons (Fsp3) is 0.333. The lowest BCUT2D eigenvalue weighted by molar-refractivity contribution is -0.159. The average molecular weight is 499 g/mol. The van der Waals surface area contributed by atoms with E-state index in [0.29, 0.717) is 10.9 Å². The molecule has 184 valence electrons. The number of fused-ring (bicyclic) bond motifs is 1. The average Bonchev–Trinajstić information content (AvgIpc) is 2.88. The molecule has 1 aromatic heterocycles. The van der Waals surface area contributed by atoms with Gasteiger partial charge in [-0.15, -0.1) is 0 Å². The van der Waals surface area contributed by atoms with E-state index >= 15 is 0 Å². The second kappa shape index (κ2) is 10.4. The molecule has 0 saturated carbocycles. The molecule has 1 saturated heterocycles. The Kier molecular flexibility index (Phi) is 7.27. The van der Waals surface area contributed by atoms with E-state index in [0.717, 1.165) is 0 Å². The number of sulfonamides is 1. The lowest BCUT2D eigenvalue weighted by atomic mass is 10.2. The molecule has 0 aliphatic carbocycles. The Bertz CT molecular complexity index is 1380. The monoisotopic (exact) mass is 498 g/mol. The minimum absolute atomic E-state index is 0.0758. The van der Waals surface area contributed by atoms with Gasteiger partial charge in [-0.1, -0.05) is 30.3 Å². The van der Waals surface area contributed by atoms with E-state index in [9.17, 15) is 22.8 Å². The summed E-state index contributed by atoms with van der Waals surface area (Å²) in [6.45, 7) is 2.27. The molecule has 0 unspecified atom stereocenters. The zero-order valence-electron chi connectivity index (χ0n) is 19.2. The van der Waals surface area contributed by atoms with Gasteiger partial charge < -0.3 is 9.64 Å². The van der Waals surface area contributed by atoms with Crippen molar-refractivity contribution < 1.29 is 22.7 Å². The summed E-state index contributed by atoms with van der Waals surface area (Å²) in [6.07, 6.45) is 0.266. The van der Waals surface area contributed by atoms with Crippen molar-refractivity contribution >= 4 is 32.8 Å². The number of piperazine rings is 1. The van der Waals surface area contributed by atoms with Crippen LogP contribution in [0.2, 0.25) is 0 Å². The minimum Gasteiger partial charge on any atom is -0.452 e. The van der Waals surface area contributed by atoms with Gasteiger partial charge in [0.15, 0.2) is 6.10 Å². The first-order valence-corrected chi connectivity index (χ1v) is 12.7. The quantitative estimate of drug-likeness (QED) is 0.450. The van der Waals surface area contributed by atoms with E-state index < -0.39 is 22.1 Å². The van der Waals surface area contributed by atoms with Crippen LogP contribution in [0.15, 0.2) is 70.6 Å². The molecule has 11 heteroatoms. The molecule has 0 N–H and O–H groups in total. The summed E-state index contributed by atoms with van der Waals surface area (Å²) >= 11 is 0. The largest absolute Gasteiger partial charge is 0.452 e. The molecule has 0 bridgehead atoms. The molecule has 4 rings (SSSR count). The van der Waals surface area contributed by atoms with Crippen molar-refractivity contribution in [2.24, 2.45) is 0 Å². The van der Waals surface area contributed by atoms with Crippen LogP contribution in [0.25, 0.3) is 10.9 Å². The maximum atomic E-state index is 12.8. The Morgan fingerprint density at radius 1 is 1.00 bits per heavy atom. The van der Waals surface area contributed by atoms with Crippen molar-refractivity contribution in [3.63, 3.8) is 0 Å². The van der Waals surface area contributed by atoms with Crippen molar-refractivity contribution in [2.75, 3.05) is 26.2 Å². The summed E-state index contributed by atoms with van der Waals surface area (Å²) in [7, 11) is -3.62. The zero-order chi connectivity index (χ0) is 25.0. The van der Waals surface area contributed by atoms with Gasteiger partial charge in [0.1, 0.15) is 0 Å². The van der Waals surface area contributed by atoms with E-state index in [1.807, 2.05) is 0 Å². The molecule has 10 nitrogen and oxygen atoms in total. The van der Waals surface area contributed by atoms with Gasteiger partial charge in [-0.25, -0.2) is 13.4 Å². The van der Waals surface area contributed by atoms with Crippen LogP contribution in [0.5, 0.6) is 0 Å². The summed E-state index contributed by atoms with van der Waals surface area (Å²) in [5.74, 6) is -1.00. The SMILES string of the molecule is C[C@H](OC(=O)CCn1cnc2ccccc2c1=O)C(=O)N1CCN(S(=O)(=O)c2ccccc2)CC1. The third-order valence-electron chi connectivity index (χ3n) is 5.88. The molecule has 2 heterocycles. The maximum Gasteiger partial charge on any atom is 0.308 e. The lowest BCUT2D eigenvalue weighted by Gasteiger charge is -2.35. The number of rotatable bonds is 7. The predicted octanol–water partition coefficient (Wildman–Crippen LogP) is 1.25. The second-order valence-corrected chi connectivity index (χ2v) is 10.1. The van der Waals surface area contributed by atoms with Crippen LogP contribution >= 0.6 is 0 Å². The van der Waals surface area contributed by atoms with Crippen LogP contribution in [-0.2, 0) is 30.9 Å². The Morgan fingerprint density at radius 3 is 2.37 bits per heavy atom. The smallest absolute Gasteiger partial charge is 0.308 e. The highest BCUT2D eigenvalue weighted by Gasteiger charge is 2.32. The van der Waals surface area contributed by atoms with E-state index in [2.05, 4.69) is 4.98 Å². The Balaban J connectivity index is 1.28. The summed E-state index contributed by atoms with van der Waals surface area (Å²) in [6, 6.07) is 15.1. The minimum atomic E-state index is -3.62. The molecular formula is C24H26N4O6S. The van der Waals surface area contributed by atoms with E-state index in [1.165, 1.54) is 39.2 Å². The van der Waals surface area contributed by atoms with Crippen molar-refractivity contribution in [3.05, 3.63) is 71.3 Å². The number of hydrogen-bond donors (Lipinski definition) is 0. The predicted molar refractivity (Wildman–Crippen MR) is 128 cm³/mol. The normalized spacial score (nSPS) is 15.6. The Morgan fingerprint density at radius 2 is 1.66 bits per heavy atom. The van der Waals surface area contributed by atoms with Gasteiger partial charge in [-0.3, -0.25) is 19.0 Å². The topological polar surface area (TPSA) is 119 Å². The molecule has 3 aromatic rings. The van der Waals surface area contributed by atoms with Gasteiger partial charge in [-0.05, 0) is 31.2 Å². The molecule has 1 amide bonds. The van der Waals surface area contributed by atoms with Crippen LogP contribution in [-0.4, -0.2) is 71.3 Å². The number of carbonyl (C=O) groups excluding carboxylic acids is 2. The van der Waals surface area contributed by atoms with Gasteiger partial charge in [-0.2, -0.15) is 4.31 Å². The second-order valence-electron chi connectivity index (χ2n) is 8.18. The number of nitrogens with zero attached hydrogens (tertiary/aromatic N) is 4. The molecule has 1 atom stereocenters. The number of para-hydroxylation sites is 1. The van der Waals surface area contributed by atoms with Gasteiger partial charge in [0.05, 0.1) is 28.5 Å². The molecule has 0 spiro atoms. The number of hydrogen-bond acceptors (Lipinski definition) is 7. The third-order valence-corrected chi connectivity index (χ3v) is 7.79. The maximum absolute atomic E-state index is 12.8. The lowest BCUT2D eigenvalue weighted by Crippen LogP contribution is -2.52. The number of esters is 1. The first kappa shape index (κ1) is 24.6. The van der Waals surface area contributed by atoms with Crippen LogP contribution in [0.4, 0.5) is 0 Å². The molecule has 1 aliphatic rings. The number of carbonyl (C=O) groups is 2. The molecule has 2 aromatic carbocycles. The fourth-order valence-electron chi connectivity index (χ4n) is 3.93. The molecule has 0 radical (unpaired) electrons. The molecular weight excluding hydrogens is 472 g/mol. The van der Waals surface area contributed by atoms with Crippen LogP contribution < -0.4 is 5.56 Å². The van der Waals surface area contributed by atoms with Crippen LogP contribution in [0, 0.1) is 0 Å². The molecule has 35 heavy (non-hydrogen) atoms. The Hall–Kier alpha value is -3.57. The summed E-state index contributed by atoms with van der Waals surface area (Å²) in [4.78, 5) is 43.5. The van der Waals surface area contributed by atoms with Crippen LogP contribution in [0.1, 0.15) is 13.3 Å². The number of ether oxygens (including phenoxy) is 1. The van der Waals surface area contributed by atoms with Crippen LogP contribution in [0.3, 0.4) is 0 Å². The van der Waals surface area contributed by atoms with Gasteiger partial charge in [0.25, 0.3) is 11.5 Å². The fourth-order valence-corrected chi connectivity index (χ4v) is 5.37. The first-order chi connectivity index (χ1) is 16.8. The number of benzene rings is 2. The van der Waals surface area contributed by atoms with Gasteiger partial charge in [0, 0.05) is 32.7 Å². The molecule has 1 fully saturated rings. The standard InChI is InChI=1S/C24H26N4O6S/c1-18(34-22(29)11-12-27-17-25-21-10-6-5-9-20(21)24(27)31)23(30)26-13-15-28(16-14-26)35(32,33)19-7-3-2-4-8-19/h2-10,17-18H,11-16H2,1H3/t18-/m0/s1. The van der Waals surface area contributed by atoms with Gasteiger partial charge >= 0.3 is 5.97 Å². The summed E-state index contributed by atoms with van der Waals surface area (Å²) in [5.41, 5.74) is 0.322. The van der Waals surface area contributed by atoms with Crippen molar-refractivity contribution in [1.29, 1.82) is 0 Å².